The molecule has 0 aliphatic carbocycles. The zero-order chi connectivity index (χ0) is 21.6. The van der Waals surface area contributed by atoms with Gasteiger partial charge in [0.25, 0.3) is 20.2 Å². The first-order valence-corrected chi connectivity index (χ1v) is 10.8. The van der Waals surface area contributed by atoms with E-state index in [-0.39, 0.29) is 27.2 Å². The summed E-state index contributed by atoms with van der Waals surface area (Å²) in [4.78, 5) is -1.51. The molecule has 10 nitrogen and oxygen atoms in total. The van der Waals surface area contributed by atoms with Crippen molar-refractivity contribution < 1.29 is 36.2 Å². The Hall–Kier alpha value is -2.77. The summed E-state index contributed by atoms with van der Waals surface area (Å²) < 4.78 is 64.4. The van der Waals surface area contributed by atoms with Gasteiger partial charge < -0.3 is 10.2 Å². The van der Waals surface area contributed by atoms with Gasteiger partial charge in [-0.3, -0.25) is 9.11 Å². The van der Waals surface area contributed by atoms with Crippen LogP contribution >= 0.6 is 11.6 Å². The van der Waals surface area contributed by atoms with Crippen molar-refractivity contribution in [1.29, 1.82) is 0 Å². The van der Waals surface area contributed by atoms with Crippen molar-refractivity contribution >= 4 is 54.0 Å². The lowest BCUT2D eigenvalue weighted by molar-refractivity contribution is 0.445. The summed E-state index contributed by atoms with van der Waals surface area (Å²) in [5.74, 6) is -1.26. The van der Waals surface area contributed by atoms with Gasteiger partial charge in [0.1, 0.15) is 22.0 Å². The molecule has 0 radical (unpaired) electrons. The number of aromatic hydroxyl groups is 2. The Kier molecular flexibility index (Phi) is 5.23. The molecule has 0 amide bonds. The summed E-state index contributed by atoms with van der Waals surface area (Å²) in [6.45, 7) is 0. The highest BCUT2D eigenvalue weighted by molar-refractivity contribution is 7.86. The van der Waals surface area contributed by atoms with E-state index in [2.05, 4.69) is 10.2 Å². The second-order valence-corrected chi connectivity index (χ2v) is 8.99. The van der Waals surface area contributed by atoms with E-state index < -0.39 is 41.5 Å². The number of benzene rings is 3. The van der Waals surface area contributed by atoms with Crippen LogP contribution < -0.4 is 0 Å². The number of azo groups is 1. The van der Waals surface area contributed by atoms with Crippen molar-refractivity contribution in [1.82, 2.24) is 0 Å². The number of phenolic OH excluding ortho intramolecular Hbond substituents is 2. The molecule has 3 rings (SSSR count). The fraction of sp³-hybridized carbons (Fsp3) is 0. The predicted octanol–water partition coefficient (Wildman–Crippen LogP) is 3.81. The van der Waals surface area contributed by atoms with Crippen molar-refractivity contribution in [3.8, 4) is 11.5 Å². The number of hydrogen-bond donors (Lipinski definition) is 4. The molecular formula is C16H11ClN2O8S2. The molecule has 0 unspecified atom stereocenters. The summed E-state index contributed by atoms with van der Waals surface area (Å²) in [5.41, 5.74) is -0.534. The fourth-order valence-corrected chi connectivity index (χ4v) is 3.77. The zero-order valence-electron chi connectivity index (χ0n) is 14.1. The van der Waals surface area contributed by atoms with E-state index >= 15 is 0 Å². The third-order valence-electron chi connectivity index (χ3n) is 3.79. The Morgan fingerprint density at radius 2 is 1.52 bits per heavy atom. The molecule has 3 aromatic carbocycles. The van der Waals surface area contributed by atoms with E-state index in [9.17, 15) is 36.2 Å². The topological polar surface area (TPSA) is 174 Å². The van der Waals surface area contributed by atoms with Gasteiger partial charge in [-0.05, 0) is 41.8 Å². The van der Waals surface area contributed by atoms with Crippen LogP contribution in [0, 0.1) is 0 Å². The second kappa shape index (κ2) is 7.24. The molecule has 0 spiro atoms. The SMILES string of the molecule is O=S(=O)(O)c1ccc2c(N=Nc3cc(Cl)ccc3O)c(O)c(S(=O)(=O)O)cc2c1. The lowest BCUT2D eigenvalue weighted by Gasteiger charge is -2.09. The van der Waals surface area contributed by atoms with Gasteiger partial charge in [-0.15, -0.1) is 10.2 Å². The average molecular weight is 459 g/mol. The van der Waals surface area contributed by atoms with Gasteiger partial charge in [-0.2, -0.15) is 16.8 Å². The number of hydrogen-bond acceptors (Lipinski definition) is 8. The Labute approximate surface area is 169 Å². The summed E-state index contributed by atoms with van der Waals surface area (Å²) in [6.07, 6.45) is 0. The van der Waals surface area contributed by atoms with E-state index in [4.69, 9.17) is 11.6 Å². The van der Waals surface area contributed by atoms with Crippen molar-refractivity contribution in [3.63, 3.8) is 0 Å². The van der Waals surface area contributed by atoms with Gasteiger partial charge in [0.05, 0.1) is 4.90 Å². The van der Waals surface area contributed by atoms with E-state index in [0.717, 1.165) is 24.3 Å². The first-order chi connectivity index (χ1) is 13.4. The number of phenols is 2. The van der Waals surface area contributed by atoms with E-state index in [1.165, 1.54) is 18.2 Å². The molecule has 0 atom stereocenters. The van der Waals surface area contributed by atoms with Crippen LogP contribution in [0.1, 0.15) is 0 Å². The van der Waals surface area contributed by atoms with Crippen molar-refractivity contribution in [2.75, 3.05) is 0 Å². The Morgan fingerprint density at radius 3 is 2.14 bits per heavy atom. The maximum atomic E-state index is 11.6. The highest BCUT2D eigenvalue weighted by Gasteiger charge is 2.23. The number of rotatable bonds is 4. The Bertz CT molecular complexity index is 1390. The molecule has 0 heterocycles. The largest absolute Gasteiger partial charge is 0.506 e. The van der Waals surface area contributed by atoms with E-state index in [1.54, 1.807) is 0 Å². The Balaban J connectivity index is 2.33. The van der Waals surface area contributed by atoms with E-state index in [0.29, 0.717) is 0 Å². The van der Waals surface area contributed by atoms with Crippen LogP contribution in [-0.4, -0.2) is 36.2 Å². The van der Waals surface area contributed by atoms with Crippen LogP contribution in [0.3, 0.4) is 0 Å². The van der Waals surface area contributed by atoms with Gasteiger partial charge in [0, 0.05) is 10.4 Å². The van der Waals surface area contributed by atoms with Crippen molar-refractivity contribution in [3.05, 3.63) is 47.5 Å². The van der Waals surface area contributed by atoms with Gasteiger partial charge >= 0.3 is 0 Å². The average Bonchev–Trinajstić information content (AvgIpc) is 2.61. The highest BCUT2D eigenvalue weighted by Crippen LogP contribution is 2.42. The fourth-order valence-electron chi connectivity index (χ4n) is 2.47. The molecule has 4 N–H and O–H groups in total. The van der Waals surface area contributed by atoms with Gasteiger partial charge in [0.2, 0.25) is 0 Å². The molecule has 29 heavy (non-hydrogen) atoms. The Morgan fingerprint density at radius 1 is 0.828 bits per heavy atom. The highest BCUT2D eigenvalue weighted by atomic mass is 35.5. The molecule has 13 heteroatoms. The third kappa shape index (κ3) is 4.31. The molecule has 0 aromatic heterocycles. The monoisotopic (exact) mass is 458 g/mol. The van der Waals surface area contributed by atoms with Crippen LogP contribution in [0.5, 0.6) is 11.5 Å². The van der Waals surface area contributed by atoms with Gasteiger partial charge in [-0.25, -0.2) is 0 Å². The molecule has 3 aromatic rings. The predicted molar refractivity (Wildman–Crippen MR) is 103 cm³/mol. The zero-order valence-corrected chi connectivity index (χ0v) is 16.4. The first-order valence-electron chi connectivity index (χ1n) is 7.53. The molecule has 0 saturated heterocycles. The summed E-state index contributed by atoms with van der Waals surface area (Å²) >= 11 is 5.82. The third-order valence-corrected chi connectivity index (χ3v) is 5.75. The lowest BCUT2D eigenvalue weighted by Crippen LogP contribution is -2.00. The lowest BCUT2D eigenvalue weighted by atomic mass is 10.1. The quantitative estimate of drug-likeness (QED) is 0.337. The summed E-state index contributed by atoms with van der Waals surface area (Å²) in [5, 5.41) is 27.8. The number of nitrogens with zero attached hydrogens (tertiary/aromatic N) is 2. The maximum Gasteiger partial charge on any atom is 0.298 e. The smallest absolute Gasteiger partial charge is 0.298 e. The summed E-state index contributed by atoms with van der Waals surface area (Å²) in [6, 6.07) is 7.76. The summed E-state index contributed by atoms with van der Waals surface area (Å²) in [7, 11) is -9.54. The van der Waals surface area contributed by atoms with Gasteiger partial charge in [0.15, 0.2) is 5.75 Å². The molecular weight excluding hydrogens is 448 g/mol. The van der Waals surface area contributed by atoms with Crippen LogP contribution in [0.25, 0.3) is 10.8 Å². The van der Waals surface area contributed by atoms with Crippen LogP contribution in [0.2, 0.25) is 5.02 Å². The van der Waals surface area contributed by atoms with Crippen LogP contribution in [-0.2, 0) is 20.2 Å². The van der Waals surface area contributed by atoms with Crippen LogP contribution in [0.15, 0.2) is 62.5 Å². The van der Waals surface area contributed by atoms with Crippen molar-refractivity contribution in [2.45, 2.75) is 9.79 Å². The second-order valence-electron chi connectivity index (χ2n) is 5.74. The molecule has 0 fully saturated rings. The molecule has 0 bridgehead atoms. The van der Waals surface area contributed by atoms with E-state index in [1.807, 2.05) is 0 Å². The minimum atomic E-state index is -4.93. The number of halogens is 1. The number of fused-ring (bicyclic) bond motifs is 1. The minimum absolute atomic E-state index is 0.0487. The molecule has 0 aliphatic heterocycles. The molecule has 152 valence electrons. The first kappa shape index (κ1) is 21.0. The van der Waals surface area contributed by atoms with Gasteiger partial charge in [-0.1, -0.05) is 17.7 Å². The molecule has 0 aliphatic rings. The van der Waals surface area contributed by atoms with Crippen LogP contribution in [0.4, 0.5) is 11.4 Å². The maximum absolute atomic E-state index is 11.6. The standard InChI is InChI=1S/C16H11ClN2O8S2/c17-9-1-4-13(20)12(7-9)18-19-15-11-3-2-10(28(22,23)24)5-8(11)6-14(16(15)21)29(25,26)27/h1-7,20-21H,(H,22,23,24)(H,25,26,27). The minimum Gasteiger partial charge on any atom is -0.506 e. The molecule has 0 saturated carbocycles. The normalized spacial score (nSPS) is 12.7. The van der Waals surface area contributed by atoms with Crippen molar-refractivity contribution in [2.24, 2.45) is 10.2 Å².